The van der Waals surface area contributed by atoms with Crippen molar-refractivity contribution in [3.63, 3.8) is 0 Å². The van der Waals surface area contributed by atoms with Crippen LogP contribution >= 0.6 is 0 Å². The summed E-state index contributed by atoms with van der Waals surface area (Å²) in [5.74, 6) is 0.639. The zero-order valence-electron chi connectivity index (χ0n) is 21.0. The second kappa shape index (κ2) is 10.8. The molecule has 2 heterocycles. The van der Waals surface area contributed by atoms with Gasteiger partial charge >= 0.3 is 0 Å². The van der Waals surface area contributed by atoms with E-state index in [1.165, 1.54) is 24.3 Å². The Kier molecular flexibility index (Phi) is 7.47. The van der Waals surface area contributed by atoms with Gasteiger partial charge in [0, 0.05) is 5.56 Å². The molecule has 196 valence electrons. The first-order valence-corrected chi connectivity index (χ1v) is 12.9. The third-order valence-electron chi connectivity index (χ3n) is 7.52. The second-order valence-electron chi connectivity index (χ2n) is 10.7. The van der Waals surface area contributed by atoms with Gasteiger partial charge in [0.1, 0.15) is 67.2 Å². The Hall–Kier alpha value is -3.00. The summed E-state index contributed by atoms with van der Waals surface area (Å²) < 4.78 is 39.7. The number of benzene rings is 3. The largest absolute Gasteiger partial charge is 0.487 e. The summed E-state index contributed by atoms with van der Waals surface area (Å²) in [6, 6.07) is 19.0. The minimum Gasteiger partial charge on any atom is -0.487 e. The van der Waals surface area contributed by atoms with Crippen molar-refractivity contribution in [2.24, 2.45) is 0 Å². The molecular weight excluding hydrogens is 476 g/mol. The first-order valence-electron chi connectivity index (χ1n) is 12.9. The van der Waals surface area contributed by atoms with Crippen molar-refractivity contribution in [3.05, 3.63) is 95.1 Å². The van der Waals surface area contributed by atoms with E-state index < -0.39 is 24.4 Å². The molecule has 37 heavy (non-hydrogen) atoms. The van der Waals surface area contributed by atoms with Gasteiger partial charge in [-0.3, -0.25) is 0 Å². The molecule has 5 rings (SSSR count). The highest BCUT2D eigenvalue weighted by Gasteiger charge is 2.38. The average Bonchev–Trinajstić information content (AvgIpc) is 2.88. The Morgan fingerprint density at radius 1 is 0.784 bits per heavy atom. The van der Waals surface area contributed by atoms with Crippen molar-refractivity contribution in [3.8, 4) is 11.5 Å². The monoisotopic (exact) mass is 510 g/mol. The Balaban J connectivity index is 1.30. The van der Waals surface area contributed by atoms with Crippen LogP contribution in [0.15, 0.2) is 66.7 Å². The SMILES string of the molecule is C[N+](Cc1ccccc1)(CC(O)C1CCc2cc(F)ccc2O1)CC(O)C1CCc2cc(F)ccc2O1. The van der Waals surface area contributed by atoms with Crippen LogP contribution in [0.25, 0.3) is 0 Å². The number of halogens is 2. The van der Waals surface area contributed by atoms with Crippen LogP contribution in [0.4, 0.5) is 8.78 Å². The standard InChI is InChI=1S/C30H34F2NO4/c1-33(17-20-5-3-2-4-6-20,18-25(34)29-11-7-21-15-23(31)9-13-27(21)36-29)19-26(35)30-12-8-22-16-24(32)10-14-28(22)37-30/h2-6,9-10,13-16,25-26,29-30,34-35H,7-8,11-12,17-19H2,1H3/q+1. The highest BCUT2D eigenvalue weighted by molar-refractivity contribution is 5.36. The number of fused-ring (bicyclic) bond motifs is 2. The molecule has 2 aliphatic rings. The van der Waals surface area contributed by atoms with Crippen molar-refractivity contribution in [1.82, 2.24) is 0 Å². The van der Waals surface area contributed by atoms with Gasteiger partial charge in [-0.05, 0) is 73.2 Å². The molecule has 3 aromatic carbocycles. The highest BCUT2D eigenvalue weighted by atomic mass is 19.1. The molecule has 0 saturated carbocycles. The van der Waals surface area contributed by atoms with E-state index in [1.54, 1.807) is 12.1 Å². The van der Waals surface area contributed by atoms with Crippen molar-refractivity contribution in [1.29, 1.82) is 0 Å². The minimum absolute atomic E-state index is 0.292. The number of ether oxygens (including phenoxy) is 2. The number of aliphatic hydroxyl groups is 2. The van der Waals surface area contributed by atoms with E-state index in [0.717, 1.165) is 16.7 Å². The summed E-state index contributed by atoms with van der Waals surface area (Å²) in [7, 11) is 2.03. The number of quaternary nitrogens is 1. The van der Waals surface area contributed by atoms with E-state index in [9.17, 15) is 19.0 Å². The molecule has 3 aromatic rings. The lowest BCUT2D eigenvalue weighted by Gasteiger charge is -2.41. The van der Waals surface area contributed by atoms with Gasteiger partial charge in [0.15, 0.2) is 0 Å². The predicted octanol–water partition coefficient (Wildman–Crippen LogP) is 4.42. The molecular formula is C30H34F2NO4+. The maximum absolute atomic E-state index is 13.6. The van der Waals surface area contributed by atoms with E-state index in [0.29, 0.717) is 61.3 Å². The van der Waals surface area contributed by atoms with Crippen LogP contribution in [0, 0.1) is 11.6 Å². The third kappa shape index (κ3) is 6.12. The Labute approximate surface area is 216 Å². The van der Waals surface area contributed by atoms with Gasteiger partial charge in [0.25, 0.3) is 0 Å². The van der Waals surface area contributed by atoms with Crippen LogP contribution in [-0.2, 0) is 19.4 Å². The summed E-state index contributed by atoms with van der Waals surface area (Å²) >= 11 is 0. The van der Waals surface area contributed by atoms with Crippen LogP contribution in [-0.4, -0.2) is 59.2 Å². The first-order chi connectivity index (χ1) is 17.8. The number of likely N-dealkylation sites (N-methyl/N-ethyl adjacent to an activating group) is 1. The van der Waals surface area contributed by atoms with E-state index in [-0.39, 0.29) is 11.6 Å². The van der Waals surface area contributed by atoms with Crippen LogP contribution in [0.5, 0.6) is 11.5 Å². The molecule has 0 saturated heterocycles. The van der Waals surface area contributed by atoms with Crippen molar-refractivity contribution in [2.75, 3.05) is 20.1 Å². The Morgan fingerprint density at radius 2 is 1.27 bits per heavy atom. The summed E-state index contributed by atoms with van der Waals surface area (Å²) in [5.41, 5.74) is 2.73. The molecule has 0 spiro atoms. The number of hydrogen-bond acceptors (Lipinski definition) is 4. The summed E-state index contributed by atoms with van der Waals surface area (Å²) in [4.78, 5) is 0. The molecule has 0 amide bonds. The van der Waals surface area contributed by atoms with Gasteiger partial charge < -0.3 is 24.2 Å². The molecule has 5 nitrogen and oxygen atoms in total. The lowest BCUT2D eigenvalue weighted by molar-refractivity contribution is -0.928. The van der Waals surface area contributed by atoms with Gasteiger partial charge in [-0.25, -0.2) is 8.78 Å². The van der Waals surface area contributed by atoms with Crippen molar-refractivity contribution >= 4 is 0 Å². The Bertz CT molecular complexity index is 1150. The summed E-state index contributed by atoms with van der Waals surface area (Å²) in [6.45, 7) is 1.33. The van der Waals surface area contributed by atoms with Crippen LogP contribution < -0.4 is 9.47 Å². The maximum Gasteiger partial charge on any atom is 0.139 e. The van der Waals surface area contributed by atoms with Crippen molar-refractivity contribution in [2.45, 2.75) is 56.6 Å². The third-order valence-corrected chi connectivity index (χ3v) is 7.52. The number of aryl methyl sites for hydroxylation is 2. The van der Waals surface area contributed by atoms with Crippen molar-refractivity contribution < 1.29 is 33.0 Å². The van der Waals surface area contributed by atoms with Crippen LogP contribution in [0.1, 0.15) is 29.5 Å². The van der Waals surface area contributed by atoms with E-state index in [1.807, 2.05) is 37.4 Å². The first kappa shape index (κ1) is 25.6. The number of nitrogens with zero attached hydrogens (tertiary/aromatic N) is 1. The lowest BCUT2D eigenvalue weighted by Crippen LogP contribution is -2.57. The zero-order chi connectivity index (χ0) is 26.0. The van der Waals surface area contributed by atoms with Gasteiger partial charge in [-0.15, -0.1) is 0 Å². The van der Waals surface area contributed by atoms with Crippen LogP contribution in [0.2, 0.25) is 0 Å². The van der Waals surface area contributed by atoms with E-state index in [2.05, 4.69) is 0 Å². The molecule has 7 heteroatoms. The number of aliphatic hydroxyl groups excluding tert-OH is 2. The van der Waals surface area contributed by atoms with Gasteiger partial charge in [-0.1, -0.05) is 30.3 Å². The average molecular weight is 511 g/mol. The minimum atomic E-state index is -0.782. The van der Waals surface area contributed by atoms with Crippen LogP contribution in [0.3, 0.4) is 0 Å². The lowest BCUT2D eigenvalue weighted by atomic mass is 9.96. The predicted molar refractivity (Wildman–Crippen MR) is 136 cm³/mol. The molecule has 2 N–H and O–H groups in total. The smallest absolute Gasteiger partial charge is 0.139 e. The number of rotatable bonds is 8. The molecule has 2 aliphatic heterocycles. The molecule has 0 bridgehead atoms. The fraction of sp³-hybridized carbons (Fsp3) is 0.400. The normalized spacial score (nSPS) is 22.0. The maximum atomic E-state index is 13.6. The topological polar surface area (TPSA) is 58.9 Å². The van der Waals surface area contributed by atoms with E-state index in [4.69, 9.17) is 9.47 Å². The molecule has 4 atom stereocenters. The molecule has 0 radical (unpaired) electrons. The fourth-order valence-corrected chi connectivity index (χ4v) is 5.66. The molecule has 0 fully saturated rings. The quantitative estimate of drug-likeness (QED) is 0.441. The summed E-state index contributed by atoms with van der Waals surface area (Å²) in [5, 5.41) is 22.6. The van der Waals surface area contributed by atoms with Gasteiger partial charge in [-0.2, -0.15) is 0 Å². The zero-order valence-corrected chi connectivity index (χ0v) is 21.0. The second-order valence-corrected chi connectivity index (χ2v) is 10.7. The molecule has 0 aromatic heterocycles. The Morgan fingerprint density at radius 3 is 1.76 bits per heavy atom. The van der Waals surface area contributed by atoms with Gasteiger partial charge in [0.2, 0.25) is 0 Å². The fourth-order valence-electron chi connectivity index (χ4n) is 5.66. The molecule has 4 unspecified atom stereocenters. The van der Waals surface area contributed by atoms with Gasteiger partial charge in [0.05, 0.1) is 7.05 Å². The highest BCUT2D eigenvalue weighted by Crippen LogP contribution is 2.32. The summed E-state index contributed by atoms with van der Waals surface area (Å²) in [6.07, 6.45) is 0.0398. The van der Waals surface area contributed by atoms with E-state index >= 15 is 0 Å². The number of hydrogen-bond donors (Lipinski definition) is 2. The molecule has 0 aliphatic carbocycles.